The predicted octanol–water partition coefficient (Wildman–Crippen LogP) is 5.01. The number of halogens is 3. The lowest BCUT2D eigenvalue weighted by molar-refractivity contribution is -0.140. The van der Waals surface area contributed by atoms with Gasteiger partial charge in [-0.05, 0) is 94.3 Å². The number of amides is 1. The Morgan fingerprint density at radius 1 is 1.13 bits per heavy atom. The number of benzene rings is 1. The van der Waals surface area contributed by atoms with Gasteiger partial charge < -0.3 is 30.6 Å². The molecule has 1 amide bonds. The molecule has 0 spiro atoms. The fraction of sp³-hybridized carbons (Fsp3) is 0.514. The lowest BCUT2D eigenvalue weighted by Crippen LogP contribution is -2.36. The second-order valence-electron chi connectivity index (χ2n) is 12.4. The molecule has 1 unspecified atom stereocenters. The highest BCUT2D eigenvalue weighted by Crippen LogP contribution is 2.27. The molecule has 3 aromatic rings. The average molecular weight is 652 g/mol. The van der Waals surface area contributed by atoms with Gasteiger partial charge >= 0.3 is 6.18 Å². The zero-order valence-electron chi connectivity index (χ0n) is 27.1. The first kappa shape index (κ1) is 35.7. The molecule has 4 N–H and O–H groups in total. The van der Waals surface area contributed by atoms with Crippen LogP contribution >= 0.6 is 0 Å². The van der Waals surface area contributed by atoms with Gasteiger partial charge in [0.15, 0.2) is 0 Å². The van der Waals surface area contributed by atoms with Crippen LogP contribution in [0, 0.1) is 23.2 Å². The number of nitrogens with zero attached hydrogens (tertiary/aromatic N) is 3. The predicted molar refractivity (Wildman–Crippen MR) is 177 cm³/mol. The van der Waals surface area contributed by atoms with Gasteiger partial charge in [-0.2, -0.15) is 18.4 Å². The third-order valence-electron chi connectivity index (χ3n) is 8.28. The first-order chi connectivity index (χ1) is 22.6. The summed E-state index contributed by atoms with van der Waals surface area (Å²) in [4.78, 5) is 15.1. The molecular weight excluding hydrogens is 607 g/mol. The fourth-order valence-corrected chi connectivity index (χ4v) is 5.57. The van der Waals surface area contributed by atoms with E-state index in [1.165, 1.54) is 4.57 Å². The molecule has 0 bridgehead atoms. The number of aromatic nitrogens is 2. The molecule has 2 aromatic heterocycles. The molecule has 1 saturated heterocycles. The van der Waals surface area contributed by atoms with E-state index in [1.54, 1.807) is 44.3 Å². The normalized spacial score (nSPS) is 14.6. The molecule has 47 heavy (non-hydrogen) atoms. The van der Waals surface area contributed by atoms with Crippen molar-refractivity contribution in [2.45, 2.75) is 82.7 Å². The maximum absolute atomic E-state index is 13.6. The molecule has 0 saturated carbocycles. The van der Waals surface area contributed by atoms with E-state index in [-0.39, 0.29) is 18.3 Å². The van der Waals surface area contributed by atoms with Crippen molar-refractivity contribution in [1.82, 2.24) is 25.5 Å². The van der Waals surface area contributed by atoms with Crippen LogP contribution in [-0.2, 0) is 28.0 Å². The number of hydrogen-bond acceptors (Lipinski definition) is 7. The molecule has 1 fully saturated rings. The number of fused-ring (bicyclic) bond motifs is 1. The molecule has 9 nitrogen and oxygen atoms in total. The van der Waals surface area contributed by atoms with Crippen molar-refractivity contribution in [3.05, 3.63) is 59.5 Å². The lowest BCUT2D eigenvalue weighted by Gasteiger charge is -2.24. The van der Waals surface area contributed by atoms with Crippen LogP contribution in [0.2, 0.25) is 0 Å². The van der Waals surface area contributed by atoms with E-state index >= 15 is 0 Å². The smallest absolute Gasteiger partial charge is 0.381 e. The Hall–Kier alpha value is -4.10. The molecule has 1 aliphatic heterocycles. The van der Waals surface area contributed by atoms with Crippen molar-refractivity contribution in [2.24, 2.45) is 0 Å². The van der Waals surface area contributed by atoms with Gasteiger partial charge in [-0.3, -0.25) is 9.78 Å². The maximum Gasteiger partial charge on any atom is 0.406 e. The van der Waals surface area contributed by atoms with E-state index in [0.29, 0.717) is 47.8 Å². The first-order valence-corrected chi connectivity index (χ1v) is 16.1. The van der Waals surface area contributed by atoms with Crippen LogP contribution in [0.5, 0.6) is 0 Å². The second-order valence-corrected chi connectivity index (χ2v) is 12.4. The van der Waals surface area contributed by atoms with Gasteiger partial charge in [0.1, 0.15) is 6.54 Å². The van der Waals surface area contributed by atoms with Crippen molar-refractivity contribution >= 4 is 23.0 Å². The van der Waals surface area contributed by atoms with Gasteiger partial charge in [-0.15, -0.1) is 0 Å². The SMILES string of the molecule is CC(C)(C#N)c1ccc(NCC#Cc2cc3cc(CNC(CCCNC4CCOCC4)CCNC=O)ccc3n2CC(F)(F)F)cn1. The summed E-state index contributed by atoms with van der Waals surface area (Å²) in [5.74, 6) is 5.85. The number of hydrogen-bond donors (Lipinski definition) is 4. The number of nitriles is 1. The summed E-state index contributed by atoms with van der Waals surface area (Å²) in [5, 5.41) is 23.0. The van der Waals surface area contributed by atoms with E-state index in [9.17, 15) is 23.2 Å². The number of anilines is 1. The molecule has 3 heterocycles. The van der Waals surface area contributed by atoms with Gasteiger partial charge in [-0.25, -0.2) is 0 Å². The van der Waals surface area contributed by atoms with E-state index in [1.807, 2.05) is 12.1 Å². The van der Waals surface area contributed by atoms with Crippen LogP contribution in [0.3, 0.4) is 0 Å². The van der Waals surface area contributed by atoms with Gasteiger partial charge in [-0.1, -0.05) is 12.0 Å². The molecule has 252 valence electrons. The summed E-state index contributed by atoms with van der Waals surface area (Å²) in [6.07, 6.45) is 2.63. The van der Waals surface area contributed by atoms with Crippen molar-refractivity contribution in [1.29, 1.82) is 5.26 Å². The highest BCUT2D eigenvalue weighted by Gasteiger charge is 2.29. The fourth-order valence-electron chi connectivity index (χ4n) is 5.57. The summed E-state index contributed by atoms with van der Waals surface area (Å²) < 4.78 is 47.4. The minimum atomic E-state index is -4.41. The highest BCUT2D eigenvalue weighted by molar-refractivity contribution is 5.83. The summed E-state index contributed by atoms with van der Waals surface area (Å²) in [6.45, 7) is 6.25. The third-order valence-corrected chi connectivity index (χ3v) is 8.28. The second kappa shape index (κ2) is 17.2. The van der Waals surface area contributed by atoms with Gasteiger partial charge in [0, 0.05) is 49.3 Å². The molecule has 1 aliphatic rings. The molecule has 0 radical (unpaired) electrons. The highest BCUT2D eigenvalue weighted by atomic mass is 19.4. The number of ether oxygens (including phenoxy) is 1. The van der Waals surface area contributed by atoms with Gasteiger partial charge in [0.25, 0.3) is 0 Å². The van der Waals surface area contributed by atoms with E-state index in [2.05, 4.69) is 44.2 Å². The minimum absolute atomic E-state index is 0.169. The average Bonchev–Trinajstić information content (AvgIpc) is 3.39. The molecule has 1 aromatic carbocycles. The van der Waals surface area contributed by atoms with E-state index in [0.717, 1.165) is 57.4 Å². The standard InChI is InChI=1S/C35H44F3N7O2/c1-34(2,23-39)33-10-8-30(22-44-33)42-15-4-6-31-20-27-19-26(7-9-32(27)45(31)24-35(36,37)38)21-43-28(11-16-40-25-46)5-3-14-41-29-12-17-47-18-13-29/h7-10,19-20,22,25,28-29,41-43H,3,5,11-18,21,24H2,1-2H3,(H,40,46). The van der Waals surface area contributed by atoms with Crippen LogP contribution < -0.4 is 21.3 Å². The topological polar surface area (TPSA) is 116 Å². The Balaban J connectivity index is 1.40. The molecule has 4 rings (SSSR count). The molecule has 12 heteroatoms. The molecule has 1 atom stereocenters. The van der Waals surface area contributed by atoms with Crippen molar-refractivity contribution in [3.63, 3.8) is 0 Å². The Labute approximate surface area is 274 Å². The first-order valence-electron chi connectivity index (χ1n) is 16.1. The zero-order valence-corrected chi connectivity index (χ0v) is 27.1. The Morgan fingerprint density at radius 3 is 2.64 bits per heavy atom. The Kier molecular flexibility index (Phi) is 13.1. The Morgan fingerprint density at radius 2 is 1.94 bits per heavy atom. The van der Waals surface area contributed by atoms with Crippen LogP contribution in [0.4, 0.5) is 18.9 Å². The maximum atomic E-state index is 13.6. The summed E-state index contributed by atoms with van der Waals surface area (Å²) in [6, 6.07) is 13.6. The Bertz CT molecular complexity index is 1550. The number of nitrogens with one attached hydrogen (secondary N) is 4. The summed E-state index contributed by atoms with van der Waals surface area (Å²) >= 11 is 0. The van der Waals surface area contributed by atoms with Crippen molar-refractivity contribution in [2.75, 3.05) is 38.2 Å². The third kappa shape index (κ3) is 11.3. The largest absolute Gasteiger partial charge is 0.406 e. The van der Waals surface area contributed by atoms with Gasteiger partial charge in [0.2, 0.25) is 6.41 Å². The number of alkyl halides is 3. The molecular formula is C35H44F3N7O2. The van der Waals surface area contributed by atoms with Crippen LogP contribution in [0.15, 0.2) is 42.6 Å². The number of pyridine rings is 1. The number of carbonyl (C=O) groups is 1. The molecule has 0 aliphatic carbocycles. The monoisotopic (exact) mass is 651 g/mol. The minimum Gasteiger partial charge on any atom is -0.381 e. The van der Waals surface area contributed by atoms with Crippen molar-refractivity contribution < 1.29 is 22.7 Å². The summed E-state index contributed by atoms with van der Waals surface area (Å²) in [5.41, 5.74) is 2.33. The van der Waals surface area contributed by atoms with E-state index in [4.69, 9.17) is 4.74 Å². The van der Waals surface area contributed by atoms with Crippen LogP contribution in [0.25, 0.3) is 10.9 Å². The number of carbonyl (C=O) groups excluding carboxylic acids is 1. The zero-order chi connectivity index (χ0) is 33.7. The van der Waals surface area contributed by atoms with Crippen molar-refractivity contribution in [3.8, 4) is 17.9 Å². The van der Waals surface area contributed by atoms with Crippen LogP contribution in [-0.4, -0.2) is 67.1 Å². The number of rotatable bonds is 16. The van der Waals surface area contributed by atoms with Crippen LogP contribution in [0.1, 0.15) is 62.9 Å². The van der Waals surface area contributed by atoms with Gasteiger partial charge in [0.05, 0.1) is 41.3 Å². The summed E-state index contributed by atoms with van der Waals surface area (Å²) in [7, 11) is 0. The lowest BCUT2D eigenvalue weighted by atomic mass is 9.91. The van der Waals surface area contributed by atoms with E-state index < -0.39 is 18.1 Å². The quantitative estimate of drug-likeness (QED) is 0.0979.